The zero-order valence-corrected chi connectivity index (χ0v) is 7.93. The molecular formula is C10H11NO4. The lowest BCUT2D eigenvalue weighted by molar-refractivity contribution is 0.0690. The second kappa shape index (κ2) is 4.56. The predicted octanol–water partition coefficient (Wildman–Crippen LogP) is 0.0185. The lowest BCUT2D eigenvalue weighted by atomic mass is 9.98. The minimum atomic E-state index is -1.21. The van der Waals surface area contributed by atoms with E-state index < -0.39 is 11.9 Å². The Balaban J connectivity index is 3.34. The summed E-state index contributed by atoms with van der Waals surface area (Å²) in [6, 6.07) is 4.44. The summed E-state index contributed by atoms with van der Waals surface area (Å²) >= 11 is 0. The van der Waals surface area contributed by atoms with Crippen molar-refractivity contribution in [1.29, 1.82) is 0 Å². The lowest BCUT2D eigenvalue weighted by Gasteiger charge is -2.07. The zero-order valence-electron chi connectivity index (χ0n) is 7.93. The number of carboxylic acid groups (broad SMARTS) is 1. The molecule has 0 saturated carbocycles. The van der Waals surface area contributed by atoms with Crippen LogP contribution in [0.4, 0.5) is 0 Å². The monoisotopic (exact) mass is 209 g/mol. The van der Waals surface area contributed by atoms with Gasteiger partial charge in [-0.15, -0.1) is 0 Å². The highest BCUT2D eigenvalue weighted by atomic mass is 16.4. The Morgan fingerprint density at radius 3 is 2.47 bits per heavy atom. The number of benzene rings is 1. The molecule has 0 spiro atoms. The van der Waals surface area contributed by atoms with Crippen molar-refractivity contribution in [3.63, 3.8) is 0 Å². The van der Waals surface area contributed by atoms with Crippen molar-refractivity contribution >= 4 is 11.9 Å². The first-order chi connectivity index (χ1) is 7.07. The van der Waals surface area contributed by atoms with E-state index in [1.165, 1.54) is 12.1 Å². The molecule has 0 saturated heterocycles. The molecule has 1 aromatic carbocycles. The summed E-state index contributed by atoms with van der Waals surface area (Å²) in [5.41, 5.74) is 5.30. The van der Waals surface area contributed by atoms with Gasteiger partial charge in [0.2, 0.25) is 5.91 Å². The summed E-state index contributed by atoms with van der Waals surface area (Å²) in [5, 5.41) is 17.7. The van der Waals surface area contributed by atoms with Crippen LogP contribution < -0.4 is 5.73 Å². The number of amides is 1. The number of carboxylic acids is 1. The second-order valence-corrected chi connectivity index (χ2v) is 2.98. The Bertz CT molecular complexity index is 400. The van der Waals surface area contributed by atoms with Crippen molar-refractivity contribution in [2.75, 3.05) is 6.61 Å². The third-order valence-electron chi connectivity index (χ3n) is 2.01. The van der Waals surface area contributed by atoms with Crippen molar-refractivity contribution in [2.24, 2.45) is 5.73 Å². The van der Waals surface area contributed by atoms with Crippen LogP contribution in [-0.4, -0.2) is 28.7 Å². The van der Waals surface area contributed by atoms with Crippen molar-refractivity contribution in [3.05, 3.63) is 34.9 Å². The first kappa shape index (κ1) is 11.2. The largest absolute Gasteiger partial charge is 0.478 e. The first-order valence-corrected chi connectivity index (χ1v) is 4.33. The van der Waals surface area contributed by atoms with Crippen LogP contribution in [0.3, 0.4) is 0 Å². The van der Waals surface area contributed by atoms with E-state index in [4.69, 9.17) is 15.9 Å². The molecule has 0 aliphatic heterocycles. The summed E-state index contributed by atoms with van der Waals surface area (Å²) in [4.78, 5) is 21.9. The van der Waals surface area contributed by atoms with E-state index in [0.29, 0.717) is 5.56 Å². The number of hydrogen-bond acceptors (Lipinski definition) is 3. The van der Waals surface area contributed by atoms with E-state index in [9.17, 15) is 9.59 Å². The molecule has 0 fully saturated rings. The molecule has 15 heavy (non-hydrogen) atoms. The van der Waals surface area contributed by atoms with Crippen LogP contribution in [0.25, 0.3) is 0 Å². The van der Waals surface area contributed by atoms with E-state index in [1.54, 1.807) is 6.07 Å². The van der Waals surface area contributed by atoms with Crippen LogP contribution in [0.1, 0.15) is 26.3 Å². The van der Waals surface area contributed by atoms with Crippen LogP contribution in [0.2, 0.25) is 0 Å². The minimum Gasteiger partial charge on any atom is -0.478 e. The van der Waals surface area contributed by atoms with Crippen LogP contribution in [-0.2, 0) is 6.42 Å². The van der Waals surface area contributed by atoms with Gasteiger partial charge in [0.05, 0.1) is 11.1 Å². The molecule has 5 nitrogen and oxygen atoms in total. The van der Waals surface area contributed by atoms with Gasteiger partial charge in [-0.2, -0.15) is 0 Å². The molecule has 0 aromatic heterocycles. The number of primary amides is 1. The Morgan fingerprint density at radius 1 is 1.33 bits per heavy atom. The van der Waals surface area contributed by atoms with E-state index in [2.05, 4.69) is 0 Å². The van der Waals surface area contributed by atoms with Gasteiger partial charge in [-0.3, -0.25) is 4.79 Å². The lowest BCUT2D eigenvalue weighted by Crippen LogP contribution is -2.18. The highest BCUT2D eigenvalue weighted by Crippen LogP contribution is 2.15. The maximum absolute atomic E-state index is 11.0. The van der Waals surface area contributed by atoms with Gasteiger partial charge in [0.25, 0.3) is 0 Å². The van der Waals surface area contributed by atoms with Crippen molar-refractivity contribution in [1.82, 2.24) is 0 Å². The van der Waals surface area contributed by atoms with E-state index >= 15 is 0 Å². The van der Waals surface area contributed by atoms with Crippen LogP contribution in [0.15, 0.2) is 18.2 Å². The van der Waals surface area contributed by atoms with Gasteiger partial charge in [-0.05, 0) is 18.1 Å². The fourth-order valence-electron chi connectivity index (χ4n) is 1.39. The fourth-order valence-corrected chi connectivity index (χ4v) is 1.39. The molecule has 0 heterocycles. The molecule has 0 bridgehead atoms. The van der Waals surface area contributed by atoms with Crippen molar-refractivity contribution in [2.45, 2.75) is 6.42 Å². The van der Waals surface area contributed by atoms with Crippen LogP contribution >= 0.6 is 0 Å². The Kier molecular flexibility index (Phi) is 3.41. The molecular weight excluding hydrogens is 198 g/mol. The standard InChI is InChI=1S/C10H11NO4/c11-9(13)7-3-1-2-6(4-5-12)8(7)10(14)15/h1-3,12H,4-5H2,(H2,11,13)(H,14,15). The van der Waals surface area contributed by atoms with Gasteiger partial charge < -0.3 is 15.9 Å². The topological polar surface area (TPSA) is 101 Å². The molecule has 4 N–H and O–H groups in total. The number of carbonyl (C=O) groups excluding carboxylic acids is 1. The number of aliphatic hydroxyl groups excluding tert-OH is 1. The van der Waals surface area contributed by atoms with Crippen molar-refractivity contribution in [3.8, 4) is 0 Å². The summed E-state index contributed by atoms with van der Waals surface area (Å²) in [6.45, 7) is -0.178. The number of aromatic carboxylic acids is 1. The average Bonchev–Trinajstić information content (AvgIpc) is 2.17. The quantitative estimate of drug-likeness (QED) is 0.650. The molecule has 80 valence electrons. The predicted molar refractivity (Wildman–Crippen MR) is 52.7 cm³/mol. The molecule has 1 rings (SSSR count). The maximum Gasteiger partial charge on any atom is 0.336 e. The SMILES string of the molecule is NC(=O)c1cccc(CCO)c1C(=O)O. The molecule has 1 aromatic rings. The van der Waals surface area contributed by atoms with Gasteiger partial charge in [0.1, 0.15) is 0 Å². The number of aliphatic hydroxyl groups is 1. The zero-order chi connectivity index (χ0) is 11.4. The highest BCUT2D eigenvalue weighted by Gasteiger charge is 2.17. The Morgan fingerprint density at radius 2 is 2.00 bits per heavy atom. The van der Waals surface area contributed by atoms with Gasteiger partial charge in [-0.1, -0.05) is 12.1 Å². The summed E-state index contributed by atoms with van der Waals surface area (Å²) in [5.74, 6) is -2.00. The number of nitrogens with two attached hydrogens (primary N) is 1. The van der Waals surface area contributed by atoms with E-state index in [0.717, 1.165) is 0 Å². The molecule has 0 aliphatic carbocycles. The molecule has 0 radical (unpaired) electrons. The number of rotatable bonds is 4. The van der Waals surface area contributed by atoms with Gasteiger partial charge >= 0.3 is 5.97 Å². The molecule has 0 aliphatic rings. The maximum atomic E-state index is 11.0. The van der Waals surface area contributed by atoms with Crippen LogP contribution in [0, 0.1) is 0 Å². The highest BCUT2D eigenvalue weighted by molar-refractivity contribution is 6.05. The third kappa shape index (κ3) is 2.32. The summed E-state index contributed by atoms with van der Waals surface area (Å²) in [6.07, 6.45) is 0.183. The normalized spacial score (nSPS) is 9.93. The smallest absolute Gasteiger partial charge is 0.336 e. The summed E-state index contributed by atoms with van der Waals surface area (Å²) in [7, 11) is 0. The van der Waals surface area contributed by atoms with Gasteiger partial charge in [0.15, 0.2) is 0 Å². The fraction of sp³-hybridized carbons (Fsp3) is 0.200. The van der Waals surface area contributed by atoms with Gasteiger partial charge in [0, 0.05) is 6.61 Å². The summed E-state index contributed by atoms with van der Waals surface area (Å²) < 4.78 is 0. The molecule has 0 unspecified atom stereocenters. The number of hydrogen-bond donors (Lipinski definition) is 3. The number of carbonyl (C=O) groups is 2. The van der Waals surface area contributed by atoms with Gasteiger partial charge in [-0.25, -0.2) is 4.79 Å². The van der Waals surface area contributed by atoms with Crippen molar-refractivity contribution < 1.29 is 19.8 Å². The minimum absolute atomic E-state index is 0.0338. The third-order valence-corrected chi connectivity index (χ3v) is 2.01. The van der Waals surface area contributed by atoms with Crippen LogP contribution in [0.5, 0.6) is 0 Å². The molecule has 5 heteroatoms. The Hall–Kier alpha value is -1.88. The second-order valence-electron chi connectivity index (χ2n) is 2.98. The molecule has 1 amide bonds. The van der Waals surface area contributed by atoms with E-state index in [-0.39, 0.29) is 24.2 Å². The molecule has 0 atom stereocenters. The Labute approximate surface area is 86.1 Å². The first-order valence-electron chi connectivity index (χ1n) is 4.33. The average molecular weight is 209 g/mol. The van der Waals surface area contributed by atoms with E-state index in [1.807, 2.05) is 0 Å².